The highest BCUT2D eigenvalue weighted by atomic mass is 16.2. The molecule has 0 aromatic heterocycles. The molecule has 4 fully saturated rings. The Balaban J connectivity index is 1.19. The first kappa shape index (κ1) is 20.2. The molecule has 2 unspecified atom stereocenters. The fraction of sp³-hybridized carbons (Fsp3) is 0.913. The molecular weight excluding hydrogens is 350 g/mol. The molecule has 2 heterocycles. The van der Waals surface area contributed by atoms with Gasteiger partial charge in [0.15, 0.2) is 0 Å². The molecule has 0 spiro atoms. The molecule has 28 heavy (non-hydrogen) atoms. The summed E-state index contributed by atoms with van der Waals surface area (Å²) in [6.45, 7) is 0. The van der Waals surface area contributed by atoms with Crippen LogP contribution in [0.5, 0.6) is 0 Å². The first-order valence-corrected chi connectivity index (χ1v) is 11.9. The molecule has 4 rings (SSSR count). The van der Waals surface area contributed by atoms with Crippen LogP contribution < -0.4 is 10.6 Å². The van der Waals surface area contributed by atoms with Gasteiger partial charge in [0, 0.05) is 43.6 Å². The van der Waals surface area contributed by atoms with E-state index < -0.39 is 0 Å². The average molecular weight is 390 g/mol. The van der Waals surface area contributed by atoms with Gasteiger partial charge in [-0.05, 0) is 70.1 Å². The van der Waals surface area contributed by atoms with Crippen molar-refractivity contribution >= 4 is 11.8 Å². The zero-order chi connectivity index (χ0) is 19.5. The molecule has 2 atom stereocenters. The van der Waals surface area contributed by atoms with Crippen molar-refractivity contribution in [3.63, 3.8) is 0 Å². The summed E-state index contributed by atoms with van der Waals surface area (Å²) in [5.74, 6) is 1.34. The third-order valence-electron chi connectivity index (χ3n) is 7.98. The van der Waals surface area contributed by atoms with Crippen LogP contribution in [0.25, 0.3) is 0 Å². The molecule has 0 radical (unpaired) electrons. The Morgan fingerprint density at radius 1 is 0.893 bits per heavy atom. The molecule has 2 bridgehead atoms. The summed E-state index contributed by atoms with van der Waals surface area (Å²) in [4.78, 5) is 27.5. The van der Waals surface area contributed by atoms with Gasteiger partial charge in [0.2, 0.25) is 11.8 Å². The van der Waals surface area contributed by atoms with Gasteiger partial charge in [0.1, 0.15) is 0 Å². The Hall–Kier alpha value is -1.10. The fourth-order valence-corrected chi connectivity index (χ4v) is 6.24. The molecule has 4 aliphatic rings. The van der Waals surface area contributed by atoms with Gasteiger partial charge in [0.05, 0.1) is 0 Å². The number of fused-ring (bicyclic) bond motifs is 2. The molecule has 0 aromatic carbocycles. The normalized spacial score (nSPS) is 36.1. The van der Waals surface area contributed by atoms with Crippen molar-refractivity contribution in [2.24, 2.45) is 11.8 Å². The number of nitrogens with one attached hydrogen (secondary N) is 2. The quantitative estimate of drug-likeness (QED) is 0.758. The van der Waals surface area contributed by atoms with Crippen molar-refractivity contribution in [3.05, 3.63) is 0 Å². The first-order valence-electron chi connectivity index (χ1n) is 11.9. The molecule has 158 valence electrons. The number of nitrogens with zero attached hydrogens (tertiary/aromatic N) is 1. The summed E-state index contributed by atoms with van der Waals surface area (Å²) in [5, 5.41) is 6.93. The number of rotatable bonds is 5. The van der Waals surface area contributed by atoms with Crippen LogP contribution in [-0.4, -0.2) is 47.9 Å². The van der Waals surface area contributed by atoms with E-state index >= 15 is 0 Å². The van der Waals surface area contributed by atoms with E-state index in [9.17, 15) is 9.59 Å². The minimum Gasteiger partial charge on any atom is -0.353 e. The second-order valence-electron chi connectivity index (χ2n) is 10.0. The minimum atomic E-state index is 0.157. The van der Waals surface area contributed by atoms with Crippen molar-refractivity contribution in [3.8, 4) is 0 Å². The van der Waals surface area contributed by atoms with E-state index in [0.717, 1.165) is 38.5 Å². The Bertz CT molecular complexity index is 540. The van der Waals surface area contributed by atoms with E-state index in [0.29, 0.717) is 36.4 Å². The summed E-state index contributed by atoms with van der Waals surface area (Å²) in [7, 11) is 2.02. The SMILES string of the molecule is CN(C(=O)C1CCC(NC(=O)CC2CCCCC2)CC1)C1CC2CCC(C1)N2. The fourth-order valence-electron chi connectivity index (χ4n) is 6.24. The molecule has 2 aliphatic heterocycles. The average Bonchev–Trinajstić information content (AvgIpc) is 3.05. The lowest BCUT2D eigenvalue weighted by atomic mass is 9.84. The summed E-state index contributed by atoms with van der Waals surface area (Å²) < 4.78 is 0. The highest BCUT2D eigenvalue weighted by Gasteiger charge is 2.38. The largest absolute Gasteiger partial charge is 0.353 e. The highest BCUT2D eigenvalue weighted by molar-refractivity contribution is 5.79. The lowest BCUT2D eigenvalue weighted by molar-refractivity contribution is -0.138. The molecule has 2 saturated heterocycles. The Kier molecular flexibility index (Phi) is 6.59. The number of piperidine rings is 1. The van der Waals surface area contributed by atoms with Crippen LogP contribution in [0.3, 0.4) is 0 Å². The van der Waals surface area contributed by atoms with E-state index in [1.54, 1.807) is 0 Å². The van der Waals surface area contributed by atoms with Crippen molar-refractivity contribution < 1.29 is 9.59 Å². The first-order chi connectivity index (χ1) is 13.6. The Labute approximate surface area is 170 Å². The minimum absolute atomic E-state index is 0.157. The van der Waals surface area contributed by atoms with Gasteiger partial charge in [-0.2, -0.15) is 0 Å². The van der Waals surface area contributed by atoms with E-state index in [2.05, 4.69) is 15.5 Å². The topological polar surface area (TPSA) is 61.4 Å². The number of amides is 2. The summed E-state index contributed by atoms with van der Waals surface area (Å²) in [6.07, 6.45) is 15.6. The molecule has 2 amide bonds. The Morgan fingerprint density at radius 2 is 1.54 bits per heavy atom. The van der Waals surface area contributed by atoms with Crippen LogP contribution in [0.2, 0.25) is 0 Å². The zero-order valence-corrected chi connectivity index (χ0v) is 17.6. The third kappa shape index (κ3) is 4.90. The van der Waals surface area contributed by atoms with Crippen LogP contribution in [0.15, 0.2) is 0 Å². The number of carbonyl (C=O) groups excluding carboxylic acids is 2. The van der Waals surface area contributed by atoms with Gasteiger partial charge in [-0.25, -0.2) is 0 Å². The van der Waals surface area contributed by atoms with Crippen LogP contribution in [0, 0.1) is 11.8 Å². The van der Waals surface area contributed by atoms with Crippen molar-refractivity contribution in [1.29, 1.82) is 0 Å². The van der Waals surface area contributed by atoms with E-state index in [-0.39, 0.29) is 17.9 Å². The maximum Gasteiger partial charge on any atom is 0.225 e. The second kappa shape index (κ2) is 9.15. The molecule has 2 aliphatic carbocycles. The van der Waals surface area contributed by atoms with E-state index in [4.69, 9.17) is 0 Å². The second-order valence-corrected chi connectivity index (χ2v) is 10.0. The molecule has 2 N–H and O–H groups in total. The molecule has 5 nitrogen and oxygen atoms in total. The van der Waals surface area contributed by atoms with Crippen LogP contribution in [-0.2, 0) is 9.59 Å². The van der Waals surface area contributed by atoms with Gasteiger partial charge in [-0.3, -0.25) is 9.59 Å². The number of hydrogen-bond donors (Lipinski definition) is 2. The van der Waals surface area contributed by atoms with Gasteiger partial charge < -0.3 is 15.5 Å². The van der Waals surface area contributed by atoms with Crippen molar-refractivity contribution in [2.75, 3.05) is 7.05 Å². The van der Waals surface area contributed by atoms with Crippen molar-refractivity contribution in [1.82, 2.24) is 15.5 Å². The standard InChI is InChI=1S/C23H39N3O2/c1-26(21-14-19-11-12-20(15-21)24-19)23(28)17-7-9-18(10-8-17)25-22(27)13-16-5-3-2-4-6-16/h16-21,24H,2-15H2,1H3,(H,25,27). The highest BCUT2D eigenvalue weighted by Crippen LogP contribution is 2.32. The zero-order valence-electron chi connectivity index (χ0n) is 17.6. The van der Waals surface area contributed by atoms with Crippen LogP contribution in [0.1, 0.15) is 89.9 Å². The maximum atomic E-state index is 13.0. The number of carbonyl (C=O) groups is 2. The predicted octanol–water partition coefficient (Wildman–Crippen LogP) is 3.37. The summed E-state index contributed by atoms with van der Waals surface area (Å²) in [6, 6.07) is 1.93. The predicted molar refractivity (Wildman–Crippen MR) is 111 cm³/mol. The maximum absolute atomic E-state index is 13.0. The lowest BCUT2D eigenvalue weighted by Crippen LogP contribution is -2.50. The third-order valence-corrected chi connectivity index (χ3v) is 7.98. The Morgan fingerprint density at radius 3 is 2.18 bits per heavy atom. The van der Waals surface area contributed by atoms with Gasteiger partial charge in [-0.15, -0.1) is 0 Å². The molecule has 0 aromatic rings. The van der Waals surface area contributed by atoms with Gasteiger partial charge >= 0.3 is 0 Å². The molecule has 2 saturated carbocycles. The van der Waals surface area contributed by atoms with Crippen LogP contribution in [0.4, 0.5) is 0 Å². The molecular formula is C23H39N3O2. The smallest absolute Gasteiger partial charge is 0.225 e. The van der Waals surface area contributed by atoms with Gasteiger partial charge in [0.25, 0.3) is 0 Å². The van der Waals surface area contributed by atoms with E-state index in [1.807, 2.05) is 7.05 Å². The molecule has 5 heteroatoms. The summed E-state index contributed by atoms with van der Waals surface area (Å²) >= 11 is 0. The van der Waals surface area contributed by atoms with Crippen molar-refractivity contribution in [2.45, 2.75) is 114 Å². The van der Waals surface area contributed by atoms with E-state index in [1.165, 1.54) is 44.9 Å². The summed E-state index contributed by atoms with van der Waals surface area (Å²) in [5.41, 5.74) is 0. The lowest BCUT2D eigenvalue weighted by Gasteiger charge is -2.38. The number of hydrogen-bond acceptors (Lipinski definition) is 3. The van der Waals surface area contributed by atoms with Gasteiger partial charge in [-0.1, -0.05) is 19.3 Å². The van der Waals surface area contributed by atoms with Crippen LogP contribution >= 0.6 is 0 Å². The monoisotopic (exact) mass is 389 g/mol.